The topological polar surface area (TPSA) is 70.8 Å². The maximum Gasteiger partial charge on any atom is 0.161 e. The molecule has 3 rings (SSSR count). The molecule has 0 saturated heterocycles. The van der Waals surface area contributed by atoms with Crippen molar-refractivity contribution in [2.75, 3.05) is 20.3 Å². The van der Waals surface area contributed by atoms with Gasteiger partial charge in [-0.3, -0.25) is 0 Å². The molecule has 7 nitrogen and oxygen atoms in total. The summed E-state index contributed by atoms with van der Waals surface area (Å²) in [4.78, 5) is 0. The molecule has 0 amide bonds. The van der Waals surface area contributed by atoms with Crippen molar-refractivity contribution in [2.24, 2.45) is 5.10 Å². The minimum atomic E-state index is 0.130. The van der Waals surface area contributed by atoms with E-state index in [1.165, 1.54) is 22.9 Å². The van der Waals surface area contributed by atoms with Crippen molar-refractivity contribution in [3.8, 4) is 17.2 Å². The number of benzene rings is 2. The summed E-state index contributed by atoms with van der Waals surface area (Å²) >= 11 is 0. The average Bonchev–Trinajstić information content (AvgIpc) is 3.23. The smallest absolute Gasteiger partial charge is 0.161 e. The van der Waals surface area contributed by atoms with Gasteiger partial charge in [-0.25, -0.2) is 4.68 Å². The lowest BCUT2D eigenvalue weighted by atomic mass is 9.87. The van der Waals surface area contributed by atoms with Crippen molar-refractivity contribution < 1.29 is 14.2 Å². The van der Waals surface area contributed by atoms with E-state index in [9.17, 15) is 0 Å². The van der Waals surface area contributed by atoms with Gasteiger partial charge < -0.3 is 14.2 Å². The Morgan fingerprint density at radius 3 is 2.28 bits per heavy atom. The standard InChI is InChI=1S/C22H26N4O3/c1-22(2,3)18-6-8-19(9-7-18)28-11-12-29-20-10-5-17(13-21(20)27-4)14-25-26-15-23-24-16-26/h5-10,13-16H,11-12H2,1-4H3. The first-order chi connectivity index (χ1) is 14.0. The molecule has 0 aliphatic carbocycles. The van der Waals surface area contributed by atoms with E-state index in [2.05, 4.69) is 48.2 Å². The molecule has 0 N–H and O–H groups in total. The van der Waals surface area contributed by atoms with Crippen molar-refractivity contribution in [1.82, 2.24) is 14.9 Å². The van der Waals surface area contributed by atoms with Crippen LogP contribution in [0.5, 0.6) is 17.2 Å². The molecular formula is C22H26N4O3. The van der Waals surface area contributed by atoms with Gasteiger partial charge in [0, 0.05) is 0 Å². The lowest BCUT2D eigenvalue weighted by Gasteiger charge is -2.19. The molecule has 2 aromatic carbocycles. The van der Waals surface area contributed by atoms with E-state index in [4.69, 9.17) is 14.2 Å². The van der Waals surface area contributed by atoms with Gasteiger partial charge in [-0.2, -0.15) is 5.10 Å². The van der Waals surface area contributed by atoms with E-state index < -0.39 is 0 Å². The summed E-state index contributed by atoms with van der Waals surface area (Å²) in [6.07, 6.45) is 4.73. The Kier molecular flexibility index (Phi) is 6.49. The highest BCUT2D eigenvalue weighted by atomic mass is 16.5. The van der Waals surface area contributed by atoms with Crippen LogP contribution in [0.4, 0.5) is 0 Å². The molecule has 0 spiro atoms. The zero-order chi connectivity index (χ0) is 20.7. The molecule has 0 fully saturated rings. The van der Waals surface area contributed by atoms with Crippen LogP contribution in [0.25, 0.3) is 0 Å². The van der Waals surface area contributed by atoms with Gasteiger partial charge in [0.25, 0.3) is 0 Å². The van der Waals surface area contributed by atoms with Gasteiger partial charge in [0.1, 0.15) is 31.6 Å². The van der Waals surface area contributed by atoms with Crippen LogP contribution < -0.4 is 14.2 Å². The van der Waals surface area contributed by atoms with Crippen LogP contribution in [0.15, 0.2) is 60.2 Å². The molecule has 0 unspecified atom stereocenters. The van der Waals surface area contributed by atoms with E-state index in [-0.39, 0.29) is 5.41 Å². The Bertz CT molecular complexity index is 930. The molecule has 3 aromatic rings. The second-order valence-corrected chi connectivity index (χ2v) is 7.47. The number of rotatable bonds is 8. The molecule has 0 aliphatic rings. The zero-order valence-electron chi connectivity index (χ0n) is 17.2. The summed E-state index contributed by atoms with van der Waals surface area (Å²) in [6.45, 7) is 7.42. The fraction of sp³-hybridized carbons (Fsp3) is 0.318. The SMILES string of the molecule is COc1cc(C=Nn2cnnc2)ccc1OCCOc1ccc(C(C)(C)C)cc1. The van der Waals surface area contributed by atoms with Crippen LogP contribution in [0, 0.1) is 0 Å². The van der Waals surface area contributed by atoms with Crippen LogP contribution >= 0.6 is 0 Å². The third-order valence-electron chi connectivity index (χ3n) is 4.26. The fourth-order valence-electron chi connectivity index (χ4n) is 2.63. The number of hydrogen-bond donors (Lipinski definition) is 0. The van der Waals surface area contributed by atoms with Crippen LogP contribution in [0.2, 0.25) is 0 Å². The molecule has 0 atom stereocenters. The van der Waals surface area contributed by atoms with Crippen molar-refractivity contribution in [1.29, 1.82) is 0 Å². The maximum atomic E-state index is 5.81. The van der Waals surface area contributed by atoms with E-state index in [0.717, 1.165) is 11.3 Å². The first-order valence-electron chi connectivity index (χ1n) is 9.39. The predicted octanol–water partition coefficient (Wildman–Crippen LogP) is 3.92. The van der Waals surface area contributed by atoms with Crippen LogP contribution in [-0.4, -0.2) is 41.4 Å². The largest absolute Gasteiger partial charge is 0.493 e. The van der Waals surface area contributed by atoms with Gasteiger partial charge in [0.2, 0.25) is 0 Å². The Morgan fingerprint density at radius 2 is 1.62 bits per heavy atom. The van der Waals surface area contributed by atoms with Crippen LogP contribution in [0.1, 0.15) is 31.9 Å². The van der Waals surface area contributed by atoms with Crippen molar-refractivity contribution in [2.45, 2.75) is 26.2 Å². The summed E-state index contributed by atoms with van der Waals surface area (Å²) in [5, 5.41) is 11.6. The quantitative estimate of drug-likeness (QED) is 0.428. The number of hydrogen-bond acceptors (Lipinski definition) is 6. The third kappa shape index (κ3) is 5.81. The van der Waals surface area contributed by atoms with Crippen molar-refractivity contribution in [3.63, 3.8) is 0 Å². The number of aromatic nitrogens is 3. The molecule has 0 radical (unpaired) electrons. The van der Waals surface area contributed by atoms with Gasteiger partial charge in [-0.15, -0.1) is 10.2 Å². The molecule has 152 valence electrons. The van der Waals surface area contributed by atoms with Crippen molar-refractivity contribution >= 4 is 6.21 Å². The van der Waals surface area contributed by atoms with Crippen molar-refractivity contribution in [3.05, 3.63) is 66.2 Å². The zero-order valence-corrected chi connectivity index (χ0v) is 17.2. The Balaban J connectivity index is 1.52. The molecule has 0 aliphatic heterocycles. The van der Waals surface area contributed by atoms with Gasteiger partial charge in [-0.05, 0) is 46.9 Å². The Hall–Kier alpha value is -3.35. The lowest BCUT2D eigenvalue weighted by molar-refractivity contribution is 0.211. The highest BCUT2D eigenvalue weighted by Crippen LogP contribution is 2.28. The predicted molar refractivity (Wildman–Crippen MR) is 112 cm³/mol. The third-order valence-corrected chi connectivity index (χ3v) is 4.26. The van der Waals surface area contributed by atoms with Crippen LogP contribution in [0.3, 0.4) is 0 Å². The first kappa shape index (κ1) is 20.4. The van der Waals surface area contributed by atoms with Gasteiger partial charge in [-0.1, -0.05) is 32.9 Å². The van der Waals surface area contributed by atoms with E-state index in [1.54, 1.807) is 13.3 Å². The molecule has 1 heterocycles. The Labute approximate surface area is 170 Å². The van der Waals surface area contributed by atoms with E-state index >= 15 is 0 Å². The first-order valence-corrected chi connectivity index (χ1v) is 9.39. The molecule has 1 aromatic heterocycles. The number of nitrogens with zero attached hydrogens (tertiary/aromatic N) is 4. The lowest BCUT2D eigenvalue weighted by Crippen LogP contribution is -2.12. The van der Waals surface area contributed by atoms with Gasteiger partial charge >= 0.3 is 0 Å². The van der Waals surface area contributed by atoms with Gasteiger partial charge in [0.05, 0.1) is 13.3 Å². The molecule has 0 bridgehead atoms. The fourth-order valence-corrected chi connectivity index (χ4v) is 2.63. The normalized spacial score (nSPS) is 11.6. The highest BCUT2D eigenvalue weighted by Gasteiger charge is 2.13. The van der Waals surface area contributed by atoms with E-state index in [1.807, 2.05) is 30.3 Å². The number of ether oxygens (including phenoxy) is 3. The molecule has 0 saturated carbocycles. The summed E-state index contributed by atoms with van der Waals surface area (Å²) in [5.41, 5.74) is 2.28. The highest BCUT2D eigenvalue weighted by molar-refractivity contribution is 5.80. The van der Waals surface area contributed by atoms with E-state index in [0.29, 0.717) is 24.7 Å². The molecule has 29 heavy (non-hydrogen) atoms. The summed E-state index contributed by atoms with van der Waals surface area (Å²) in [7, 11) is 1.61. The van der Waals surface area contributed by atoms with Gasteiger partial charge in [0.15, 0.2) is 11.5 Å². The summed E-state index contributed by atoms with van der Waals surface area (Å²) in [5.74, 6) is 2.11. The molecule has 7 heteroatoms. The maximum absolute atomic E-state index is 5.81. The minimum Gasteiger partial charge on any atom is -0.493 e. The molecular weight excluding hydrogens is 368 g/mol. The average molecular weight is 394 g/mol. The summed E-state index contributed by atoms with van der Waals surface area (Å²) < 4.78 is 18.5. The summed E-state index contributed by atoms with van der Waals surface area (Å²) in [6, 6.07) is 13.8. The minimum absolute atomic E-state index is 0.130. The monoisotopic (exact) mass is 394 g/mol. The van der Waals surface area contributed by atoms with Crippen LogP contribution in [-0.2, 0) is 5.41 Å². The second-order valence-electron chi connectivity index (χ2n) is 7.47. The number of methoxy groups -OCH3 is 1. The second kappa shape index (κ2) is 9.23. The Morgan fingerprint density at radius 1 is 0.931 bits per heavy atom.